The van der Waals surface area contributed by atoms with E-state index >= 15 is 0 Å². The summed E-state index contributed by atoms with van der Waals surface area (Å²) in [5.74, 6) is 1.38. The summed E-state index contributed by atoms with van der Waals surface area (Å²) in [7, 11) is 0. The molecule has 2 heteroatoms. The minimum absolute atomic E-state index is 0.676. The SMILES string of the molecule is C1=CC(NCC2CCCS2)CCC1. The third-order valence-electron chi connectivity index (χ3n) is 2.89. The van der Waals surface area contributed by atoms with Gasteiger partial charge in [-0.3, -0.25) is 0 Å². The van der Waals surface area contributed by atoms with E-state index in [1.54, 1.807) is 0 Å². The van der Waals surface area contributed by atoms with Crippen LogP contribution >= 0.6 is 11.8 Å². The largest absolute Gasteiger partial charge is 0.309 e. The number of nitrogens with one attached hydrogen (secondary N) is 1. The van der Waals surface area contributed by atoms with Crippen LogP contribution in [0, 0.1) is 0 Å². The zero-order valence-corrected chi connectivity index (χ0v) is 8.98. The third kappa shape index (κ3) is 3.03. The van der Waals surface area contributed by atoms with Crippen LogP contribution in [-0.2, 0) is 0 Å². The molecule has 1 heterocycles. The first-order valence-corrected chi connectivity index (χ1v) is 6.52. The predicted molar refractivity (Wildman–Crippen MR) is 60.3 cm³/mol. The Morgan fingerprint density at radius 3 is 3.00 bits per heavy atom. The van der Waals surface area contributed by atoms with Gasteiger partial charge in [0.05, 0.1) is 0 Å². The molecular weight excluding hydrogens is 178 g/mol. The summed E-state index contributed by atoms with van der Waals surface area (Å²) in [6.45, 7) is 1.22. The zero-order valence-electron chi connectivity index (χ0n) is 8.17. The fourth-order valence-corrected chi connectivity index (χ4v) is 3.28. The molecule has 13 heavy (non-hydrogen) atoms. The summed E-state index contributed by atoms with van der Waals surface area (Å²) in [5.41, 5.74) is 0. The van der Waals surface area contributed by atoms with Crippen LogP contribution in [0.1, 0.15) is 32.1 Å². The van der Waals surface area contributed by atoms with Crippen molar-refractivity contribution in [1.82, 2.24) is 5.32 Å². The Balaban J connectivity index is 1.66. The Labute approximate surface area is 85.4 Å². The number of hydrogen-bond acceptors (Lipinski definition) is 2. The minimum atomic E-state index is 0.676. The lowest BCUT2D eigenvalue weighted by atomic mass is 10.0. The molecule has 1 nitrogen and oxygen atoms in total. The van der Waals surface area contributed by atoms with Crippen molar-refractivity contribution in [2.45, 2.75) is 43.4 Å². The number of hydrogen-bond donors (Lipinski definition) is 1. The van der Waals surface area contributed by atoms with Gasteiger partial charge in [0.15, 0.2) is 0 Å². The monoisotopic (exact) mass is 197 g/mol. The van der Waals surface area contributed by atoms with Gasteiger partial charge in [0, 0.05) is 17.8 Å². The molecule has 0 aromatic carbocycles. The molecule has 2 aliphatic rings. The van der Waals surface area contributed by atoms with Gasteiger partial charge in [0.2, 0.25) is 0 Å². The van der Waals surface area contributed by atoms with Crippen LogP contribution in [0.5, 0.6) is 0 Å². The Bertz CT molecular complexity index is 173. The van der Waals surface area contributed by atoms with Crippen molar-refractivity contribution in [3.8, 4) is 0 Å². The van der Waals surface area contributed by atoms with Crippen molar-refractivity contribution >= 4 is 11.8 Å². The van der Waals surface area contributed by atoms with Crippen LogP contribution < -0.4 is 5.32 Å². The summed E-state index contributed by atoms with van der Waals surface area (Å²) in [6.07, 6.45) is 11.5. The van der Waals surface area contributed by atoms with Crippen LogP contribution in [0.2, 0.25) is 0 Å². The molecule has 0 bridgehead atoms. The Hall–Kier alpha value is 0.0500. The van der Waals surface area contributed by atoms with E-state index in [0.717, 1.165) is 5.25 Å². The molecule has 2 rings (SSSR count). The summed E-state index contributed by atoms with van der Waals surface area (Å²) in [4.78, 5) is 0. The first-order chi connectivity index (χ1) is 6.45. The second-order valence-electron chi connectivity index (χ2n) is 4.01. The first kappa shape index (κ1) is 9.60. The fourth-order valence-electron chi connectivity index (χ4n) is 2.07. The van der Waals surface area contributed by atoms with Gasteiger partial charge in [-0.1, -0.05) is 12.2 Å². The minimum Gasteiger partial charge on any atom is -0.309 e. The Kier molecular flexibility index (Phi) is 3.74. The lowest BCUT2D eigenvalue weighted by Crippen LogP contribution is -2.33. The van der Waals surface area contributed by atoms with E-state index in [9.17, 15) is 0 Å². The van der Waals surface area contributed by atoms with Crippen molar-refractivity contribution in [2.24, 2.45) is 0 Å². The van der Waals surface area contributed by atoms with Crippen molar-refractivity contribution in [2.75, 3.05) is 12.3 Å². The van der Waals surface area contributed by atoms with Crippen LogP contribution in [0.25, 0.3) is 0 Å². The summed E-state index contributed by atoms with van der Waals surface area (Å²) in [6, 6.07) is 0.676. The molecule has 0 saturated carbocycles. The summed E-state index contributed by atoms with van der Waals surface area (Å²) >= 11 is 2.14. The summed E-state index contributed by atoms with van der Waals surface area (Å²) in [5, 5.41) is 4.55. The molecule has 1 N–H and O–H groups in total. The number of allylic oxidation sites excluding steroid dienone is 1. The maximum atomic E-state index is 3.66. The molecule has 1 saturated heterocycles. The van der Waals surface area contributed by atoms with E-state index in [2.05, 4.69) is 29.2 Å². The standard InChI is InChI=1S/C11H19NS/c1-2-5-10(6-3-1)12-9-11-7-4-8-13-11/h2,5,10-12H,1,3-4,6-9H2. The third-order valence-corrected chi connectivity index (χ3v) is 4.28. The van der Waals surface area contributed by atoms with Gasteiger partial charge in [-0.15, -0.1) is 0 Å². The number of thioether (sulfide) groups is 1. The molecule has 0 radical (unpaired) electrons. The average Bonchev–Trinajstić information content (AvgIpc) is 2.69. The molecule has 0 amide bonds. The van der Waals surface area contributed by atoms with Gasteiger partial charge >= 0.3 is 0 Å². The topological polar surface area (TPSA) is 12.0 Å². The highest BCUT2D eigenvalue weighted by molar-refractivity contribution is 8.00. The molecule has 1 aliphatic heterocycles. The lowest BCUT2D eigenvalue weighted by molar-refractivity contribution is 0.516. The van der Waals surface area contributed by atoms with Crippen molar-refractivity contribution in [3.05, 3.63) is 12.2 Å². The van der Waals surface area contributed by atoms with E-state index in [1.165, 1.54) is 44.4 Å². The van der Waals surface area contributed by atoms with Crippen LogP contribution in [0.4, 0.5) is 0 Å². The lowest BCUT2D eigenvalue weighted by Gasteiger charge is -2.19. The van der Waals surface area contributed by atoms with Crippen LogP contribution in [0.3, 0.4) is 0 Å². The number of rotatable bonds is 3. The molecule has 1 aliphatic carbocycles. The van der Waals surface area contributed by atoms with E-state index < -0.39 is 0 Å². The highest BCUT2D eigenvalue weighted by atomic mass is 32.2. The predicted octanol–water partition coefficient (Wildman–Crippen LogP) is 2.58. The molecule has 2 unspecified atom stereocenters. The van der Waals surface area contributed by atoms with Gasteiger partial charge in [0.25, 0.3) is 0 Å². The Morgan fingerprint density at radius 2 is 2.31 bits per heavy atom. The molecule has 0 spiro atoms. The second kappa shape index (κ2) is 5.06. The van der Waals surface area contributed by atoms with E-state index in [1.807, 2.05) is 0 Å². The van der Waals surface area contributed by atoms with Crippen LogP contribution in [0.15, 0.2) is 12.2 Å². The average molecular weight is 197 g/mol. The maximum absolute atomic E-state index is 3.66. The van der Waals surface area contributed by atoms with Gasteiger partial charge in [0.1, 0.15) is 0 Å². The highest BCUT2D eigenvalue weighted by Crippen LogP contribution is 2.25. The zero-order chi connectivity index (χ0) is 8.93. The molecule has 2 atom stereocenters. The molecule has 74 valence electrons. The van der Waals surface area contributed by atoms with Crippen molar-refractivity contribution < 1.29 is 0 Å². The van der Waals surface area contributed by atoms with Gasteiger partial charge in [-0.2, -0.15) is 11.8 Å². The normalized spacial score (nSPS) is 33.8. The fraction of sp³-hybridized carbons (Fsp3) is 0.818. The highest BCUT2D eigenvalue weighted by Gasteiger charge is 2.16. The maximum Gasteiger partial charge on any atom is 0.0250 e. The quantitative estimate of drug-likeness (QED) is 0.698. The molecular formula is C11H19NS. The van der Waals surface area contributed by atoms with E-state index in [-0.39, 0.29) is 0 Å². The Morgan fingerprint density at radius 1 is 1.31 bits per heavy atom. The smallest absolute Gasteiger partial charge is 0.0250 e. The van der Waals surface area contributed by atoms with Gasteiger partial charge in [-0.05, 0) is 37.9 Å². The summed E-state index contributed by atoms with van der Waals surface area (Å²) < 4.78 is 0. The van der Waals surface area contributed by atoms with Crippen molar-refractivity contribution in [3.63, 3.8) is 0 Å². The first-order valence-electron chi connectivity index (χ1n) is 5.47. The van der Waals surface area contributed by atoms with Gasteiger partial charge < -0.3 is 5.32 Å². The van der Waals surface area contributed by atoms with E-state index in [0.29, 0.717) is 6.04 Å². The van der Waals surface area contributed by atoms with Crippen LogP contribution in [-0.4, -0.2) is 23.6 Å². The molecule has 0 aromatic heterocycles. The molecule has 1 fully saturated rings. The van der Waals surface area contributed by atoms with Crippen molar-refractivity contribution in [1.29, 1.82) is 0 Å². The van der Waals surface area contributed by atoms with E-state index in [4.69, 9.17) is 0 Å². The van der Waals surface area contributed by atoms with Gasteiger partial charge in [-0.25, -0.2) is 0 Å². The second-order valence-corrected chi connectivity index (χ2v) is 5.42. The molecule has 0 aromatic rings.